The molecule has 178 valence electrons. The second-order valence-electron chi connectivity index (χ2n) is 8.16. The largest absolute Gasteiger partial charge is 0.508 e. The van der Waals surface area contributed by atoms with E-state index >= 15 is 0 Å². The Hall–Kier alpha value is -3.30. The lowest BCUT2D eigenvalue weighted by Gasteiger charge is -2.28. The van der Waals surface area contributed by atoms with E-state index in [1.165, 1.54) is 6.08 Å². The van der Waals surface area contributed by atoms with Crippen LogP contribution in [0, 0.1) is 0 Å². The van der Waals surface area contributed by atoms with E-state index in [0.29, 0.717) is 25.6 Å². The van der Waals surface area contributed by atoms with Gasteiger partial charge < -0.3 is 19.6 Å². The monoisotopic (exact) mass is 480 g/mol. The highest BCUT2D eigenvalue weighted by molar-refractivity contribution is 7.19. The number of anilines is 1. The maximum absolute atomic E-state index is 12.5. The lowest BCUT2D eigenvalue weighted by molar-refractivity contribution is -0.131. The van der Waals surface area contributed by atoms with Crippen LogP contribution in [0.5, 0.6) is 5.75 Å². The van der Waals surface area contributed by atoms with Crippen molar-refractivity contribution >= 4 is 39.1 Å². The van der Waals surface area contributed by atoms with Crippen LogP contribution in [0.4, 0.5) is 5.82 Å². The predicted octanol–water partition coefficient (Wildman–Crippen LogP) is 3.78. The highest BCUT2D eigenvalue weighted by atomic mass is 32.1. The van der Waals surface area contributed by atoms with Crippen LogP contribution in [-0.2, 0) is 20.9 Å². The van der Waals surface area contributed by atoms with Gasteiger partial charge in [0, 0.05) is 43.4 Å². The Morgan fingerprint density at radius 1 is 1.21 bits per heavy atom. The van der Waals surface area contributed by atoms with Gasteiger partial charge in [-0.05, 0) is 31.2 Å². The molecule has 0 atom stereocenters. The van der Waals surface area contributed by atoms with Crippen LogP contribution in [-0.4, -0.2) is 65.0 Å². The number of phenols is 1. The molecule has 1 aliphatic rings. The van der Waals surface area contributed by atoms with Gasteiger partial charge in [0.05, 0.1) is 30.0 Å². The number of phenolic OH excluding ortho intramolecular Hbond substituents is 1. The second-order valence-corrected chi connectivity index (χ2v) is 9.30. The van der Waals surface area contributed by atoms with Gasteiger partial charge in [-0.2, -0.15) is 0 Å². The molecule has 1 aliphatic heterocycles. The third-order valence-corrected chi connectivity index (χ3v) is 6.68. The summed E-state index contributed by atoms with van der Waals surface area (Å²) < 4.78 is 6.48. The van der Waals surface area contributed by atoms with E-state index < -0.39 is 0 Å². The molecule has 0 spiro atoms. The third kappa shape index (κ3) is 5.60. The summed E-state index contributed by atoms with van der Waals surface area (Å²) in [4.78, 5) is 38.7. The van der Waals surface area contributed by atoms with E-state index in [2.05, 4.69) is 4.90 Å². The normalized spacial score (nSPS) is 14.1. The number of thiophene rings is 1. The van der Waals surface area contributed by atoms with E-state index in [1.807, 2.05) is 12.1 Å². The molecule has 34 heavy (non-hydrogen) atoms. The van der Waals surface area contributed by atoms with Crippen molar-refractivity contribution in [3.05, 3.63) is 47.4 Å². The second kappa shape index (κ2) is 10.8. The van der Waals surface area contributed by atoms with Gasteiger partial charge in [-0.15, -0.1) is 11.3 Å². The number of amides is 1. The summed E-state index contributed by atoms with van der Waals surface area (Å²) in [6.45, 7) is 4.95. The number of rotatable bonds is 8. The Bertz CT molecular complexity index is 1220. The molecule has 2 aromatic heterocycles. The van der Waals surface area contributed by atoms with E-state index in [9.17, 15) is 14.7 Å². The van der Waals surface area contributed by atoms with Crippen LogP contribution < -0.4 is 4.90 Å². The number of carbonyl (C=O) groups is 2. The number of hydrogen-bond acceptors (Lipinski definition) is 8. The van der Waals surface area contributed by atoms with E-state index in [1.54, 1.807) is 54.5 Å². The van der Waals surface area contributed by atoms with Crippen molar-refractivity contribution in [3.63, 3.8) is 0 Å². The Morgan fingerprint density at radius 3 is 2.74 bits per heavy atom. The number of aromatic nitrogens is 2. The minimum atomic E-state index is -0.0738. The number of ketones is 1. The van der Waals surface area contributed by atoms with Crippen LogP contribution >= 0.6 is 11.3 Å². The number of carbonyl (C=O) groups excluding carboxylic acids is 2. The number of fused-ring (bicyclic) bond motifs is 1. The molecule has 1 N–H and O–H groups in total. The molecule has 0 radical (unpaired) electrons. The summed E-state index contributed by atoms with van der Waals surface area (Å²) in [5, 5.41) is 9.93. The van der Waals surface area contributed by atoms with Crippen molar-refractivity contribution in [1.82, 2.24) is 14.9 Å². The van der Waals surface area contributed by atoms with E-state index in [-0.39, 0.29) is 30.3 Å². The van der Waals surface area contributed by atoms with Gasteiger partial charge in [-0.25, -0.2) is 9.97 Å². The molecule has 0 saturated carbocycles. The zero-order chi connectivity index (χ0) is 24.1. The Balaban J connectivity index is 1.62. The first kappa shape index (κ1) is 23.8. The number of aromatic hydroxyl groups is 1. The van der Waals surface area contributed by atoms with Crippen molar-refractivity contribution in [2.45, 2.75) is 26.3 Å². The van der Waals surface area contributed by atoms with Gasteiger partial charge in [0.25, 0.3) is 0 Å². The van der Waals surface area contributed by atoms with Crippen molar-refractivity contribution in [2.24, 2.45) is 0 Å². The summed E-state index contributed by atoms with van der Waals surface area (Å²) in [5.41, 5.74) is 1.54. The molecular weight excluding hydrogens is 452 g/mol. The maximum Gasteiger partial charge on any atom is 0.223 e. The van der Waals surface area contributed by atoms with Gasteiger partial charge >= 0.3 is 0 Å². The van der Waals surface area contributed by atoms with Crippen LogP contribution in [0.15, 0.2) is 42.5 Å². The average Bonchev–Trinajstić information content (AvgIpc) is 3.25. The minimum absolute atomic E-state index is 0.0454. The Kier molecular flexibility index (Phi) is 7.54. The van der Waals surface area contributed by atoms with Gasteiger partial charge in [-0.1, -0.05) is 18.2 Å². The number of allylic oxidation sites excluding steroid dienone is 2. The fourth-order valence-corrected chi connectivity index (χ4v) is 4.98. The van der Waals surface area contributed by atoms with Gasteiger partial charge in [0.2, 0.25) is 5.91 Å². The molecule has 0 unspecified atom stereocenters. The summed E-state index contributed by atoms with van der Waals surface area (Å²) in [6, 6.07) is 8.91. The summed E-state index contributed by atoms with van der Waals surface area (Å²) in [7, 11) is 1.75. The van der Waals surface area contributed by atoms with Gasteiger partial charge in [0.1, 0.15) is 5.75 Å². The summed E-state index contributed by atoms with van der Waals surface area (Å²) >= 11 is 1.57. The first-order valence-electron chi connectivity index (χ1n) is 11.3. The van der Waals surface area contributed by atoms with E-state index in [4.69, 9.17) is 14.7 Å². The maximum atomic E-state index is 12.5. The molecule has 8 nitrogen and oxygen atoms in total. The lowest BCUT2D eigenvalue weighted by atomic mass is 10.2. The number of nitrogens with zero attached hydrogens (tertiary/aromatic N) is 4. The van der Waals surface area contributed by atoms with Crippen LogP contribution in [0.25, 0.3) is 21.6 Å². The zero-order valence-corrected chi connectivity index (χ0v) is 20.2. The molecule has 0 bridgehead atoms. The molecule has 4 rings (SSSR count). The van der Waals surface area contributed by atoms with Crippen LogP contribution in [0.3, 0.4) is 0 Å². The molecule has 1 saturated heterocycles. The topological polar surface area (TPSA) is 95.9 Å². The van der Waals surface area contributed by atoms with Crippen molar-refractivity contribution in [1.29, 1.82) is 0 Å². The number of morpholine rings is 1. The van der Waals surface area contributed by atoms with Gasteiger partial charge in [-0.3, -0.25) is 9.59 Å². The average molecular weight is 481 g/mol. The molecule has 1 amide bonds. The Morgan fingerprint density at radius 2 is 2.00 bits per heavy atom. The number of benzene rings is 1. The van der Waals surface area contributed by atoms with Gasteiger partial charge in [0.15, 0.2) is 17.4 Å². The summed E-state index contributed by atoms with van der Waals surface area (Å²) in [6.07, 6.45) is 3.58. The van der Waals surface area contributed by atoms with Crippen molar-refractivity contribution in [2.75, 3.05) is 38.3 Å². The first-order valence-corrected chi connectivity index (χ1v) is 12.1. The molecule has 3 heterocycles. The SMILES string of the molecule is CC=CC(=O)CCC(=O)N(C)Cc1cc2nc(-c3cccc(O)c3)nc(N3CCOCC3)c2s1. The lowest BCUT2D eigenvalue weighted by Crippen LogP contribution is -2.36. The zero-order valence-electron chi connectivity index (χ0n) is 19.4. The van der Waals surface area contributed by atoms with Crippen LogP contribution in [0.1, 0.15) is 24.6 Å². The summed E-state index contributed by atoms with van der Waals surface area (Å²) in [5.74, 6) is 1.43. The Labute approximate surface area is 202 Å². The smallest absolute Gasteiger partial charge is 0.223 e. The predicted molar refractivity (Wildman–Crippen MR) is 133 cm³/mol. The fourth-order valence-electron chi connectivity index (χ4n) is 3.82. The minimum Gasteiger partial charge on any atom is -0.508 e. The number of hydrogen-bond donors (Lipinski definition) is 1. The highest BCUT2D eigenvalue weighted by Crippen LogP contribution is 2.35. The molecule has 0 aliphatic carbocycles. The quantitative estimate of drug-likeness (QED) is 0.490. The molecular formula is C25H28N4O4S. The standard InChI is InChI=1S/C25H28N4O4S/c1-3-5-18(30)8-9-22(32)28(2)16-20-15-21-23(34-20)25(29-10-12-33-13-11-29)27-24(26-21)17-6-4-7-19(31)14-17/h3-7,14-15,31H,8-13,16H2,1-2H3. The molecule has 1 fully saturated rings. The number of ether oxygens (including phenoxy) is 1. The van der Waals surface area contributed by atoms with Crippen LogP contribution in [0.2, 0.25) is 0 Å². The highest BCUT2D eigenvalue weighted by Gasteiger charge is 2.21. The van der Waals surface area contributed by atoms with Crippen molar-refractivity contribution < 1.29 is 19.4 Å². The fraction of sp³-hybridized carbons (Fsp3) is 0.360. The third-order valence-electron chi connectivity index (χ3n) is 5.58. The first-order chi connectivity index (χ1) is 16.4. The molecule has 9 heteroatoms. The van der Waals surface area contributed by atoms with Crippen molar-refractivity contribution in [3.8, 4) is 17.1 Å². The molecule has 3 aromatic rings. The molecule has 1 aromatic carbocycles. The van der Waals surface area contributed by atoms with E-state index in [0.717, 1.165) is 39.6 Å².